The van der Waals surface area contributed by atoms with E-state index in [1.165, 1.54) is 6.07 Å². The zero-order chi connectivity index (χ0) is 18.8. The molecule has 2 rings (SSSR count). The molecule has 0 saturated heterocycles. The molecule has 7 heteroatoms. The second kappa shape index (κ2) is 7.45. The van der Waals surface area contributed by atoms with Crippen LogP contribution in [0.2, 0.25) is 5.02 Å². The van der Waals surface area contributed by atoms with Crippen LogP contribution in [0.15, 0.2) is 42.5 Å². The third-order valence-corrected chi connectivity index (χ3v) is 5.49. The van der Waals surface area contributed by atoms with Gasteiger partial charge in [-0.05, 0) is 56.2 Å². The van der Waals surface area contributed by atoms with E-state index in [0.29, 0.717) is 16.4 Å². The average molecular weight is 381 g/mol. The smallest absolute Gasteiger partial charge is 0.248 e. The number of sulfonamides is 1. The zero-order valence-electron chi connectivity index (χ0n) is 14.6. The quantitative estimate of drug-likeness (QED) is 0.858. The molecule has 0 saturated carbocycles. The van der Waals surface area contributed by atoms with Crippen molar-refractivity contribution in [2.24, 2.45) is 0 Å². The lowest BCUT2D eigenvalue weighted by atomic mass is 10.1. The molecule has 134 valence electrons. The van der Waals surface area contributed by atoms with Crippen molar-refractivity contribution < 1.29 is 13.2 Å². The zero-order valence-corrected chi connectivity index (χ0v) is 16.1. The Hall–Kier alpha value is -2.05. The number of nitrogens with one attached hydrogen (secondary N) is 1. The first kappa shape index (κ1) is 19.3. The number of hydrogen-bond donors (Lipinski definition) is 1. The van der Waals surface area contributed by atoms with Gasteiger partial charge < -0.3 is 5.32 Å². The summed E-state index contributed by atoms with van der Waals surface area (Å²) >= 11 is 5.97. The van der Waals surface area contributed by atoms with E-state index in [2.05, 4.69) is 5.32 Å². The lowest BCUT2D eigenvalue weighted by Gasteiger charge is -2.28. The fraction of sp³-hybridized carbons (Fsp3) is 0.278. The Morgan fingerprint density at radius 2 is 1.80 bits per heavy atom. The third kappa shape index (κ3) is 4.52. The second-order valence-electron chi connectivity index (χ2n) is 5.95. The van der Waals surface area contributed by atoms with E-state index in [4.69, 9.17) is 11.6 Å². The molecule has 5 nitrogen and oxygen atoms in total. The van der Waals surface area contributed by atoms with Gasteiger partial charge in [-0.25, -0.2) is 8.42 Å². The van der Waals surface area contributed by atoms with Crippen molar-refractivity contribution in [3.63, 3.8) is 0 Å². The van der Waals surface area contributed by atoms with Gasteiger partial charge in [0.25, 0.3) is 0 Å². The van der Waals surface area contributed by atoms with Gasteiger partial charge in [-0.1, -0.05) is 29.8 Å². The molecule has 0 spiro atoms. The minimum atomic E-state index is -3.68. The molecular formula is C18H21ClN2O3S. The van der Waals surface area contributed by atoms with Gasteiger partial charge >= 0.3 is 0 Å². The highest BCUT2D eigenvalue weighted by molar-refractivity contribution is 7.92. The number of anilines is 2. The molecule has 1 atom stereocenters. The summed E-state index contributed by atoms with van der Waals surface area (Å²) in [5.41, 5.74) is 2.99. The van der Waals surface area contributed by atoms with Crippen molar-refractivity contribution in [2.45, 2.75) is 26.8 Å². The number of rotatable bonds is 5. The van der Waals surface area contributed by atoms with Gasteiger partial charge in [0.1, 0.15) is 6.04 Å². The summed E-state index contributed by atoms with van der Waals surface area (Å²) < 4.78 is 25.6. The van der Waals surface area contributed by atoms with Crippen LogP contribution in [-0.2, 0) is 14.8 Å². The highest BCUT2D eigenvalue weighted by Gasteiger charge is 2.29. The summed E-state index contributed by atoms with van der Waals surface area (Å²) in [7, 11) is -3.68. The minimum Gasteiger partial charge on any atom is -0.324 e. The Morgan fingerprint density at radius 3 is 2.40 bits per heavy atom. The van der Waals surface area contributed by atoms with Gasteiger partial charge in [0.05, 0.1) is 11.9 Å². The molecule has 0 bridgehead atoms. The standard InChI is InChI=1S/C18H21ClN2O3S/c1-12-7-5-10-17(13(12)2)20-18(22)14(3)21(25(4,23)24)16-9-6-8-15(19)11-16/h5-11,14H,1-4H3,(H,20,22). The summed E-state index contributed by atoms with van der Waals surface area (Å²) in [5.74, 6) is -0.417. The molecule has 2 aromatic rings. The van der Waals surface area contributed by atoms with Crippen molar-refractivity contribution in [2.75, 3.05) is 15.9 Å². The monoisotopic (exact) mass is 380 g/mol. The molecule has 0 aromatic heterocycles. The van der Waals surface area contributed by atoms with Crippen LogP contribution in [0.3, 0.4) is 0 Å². The Kier molecular flexibility index (Phi) is 5.75. The van der Waals surface area contributed by atoms with Crippen LogP contribution in [-0.4, -0.2) is 26.6 Å². The molecule has 0 heterocycles. The lowest BCUT2D eigenvalue weighted by Crippen LogP contribution is -2.45. The highest BCUT2D eigenvalue weighted by atomic mass is 35.5. The number of halogens is 1. The van der Waals surface area contributed by atoms with Crippen molar-refractivity contribution >= 4 is 38.9 Å². The Morgan fingerprint density at radius 1 is 1.16 bits per heavy atom. The number of nitrogens with zero attached hydrogens (tertiary/aromatic N) is 1. The maximum Gasteiger partial charge on any atom is 0.248 e. The summed E-state index contributed by atoms with van der Waals surface area (Å²) in [6.07, 6.45) is 1.07. The lowest BCUT2D eigenvalue weighted by molar-refractivity contribution is -0.116. The van der Waals surface area contributed by atoms with Crippen LogP contribution in [0.5, 0.6) is 0 Å². The number of carbonyl (C=O) groups is 1. The van der Waals surface area contributed by atoms with E-state index in [1.54, 1.807) is 31.2 Å². The first-order valence-corrected chi connectivity index (χ1v) is 9.96. The maximum atomic E-state index is 12.7. The molecule has 1 amide bonds. The first-order chi connectivity index (χ1) is 11.6. The fourth-order valence-electron chi connectivity index (χ4n) is 2.55. The van der Waals surface area contributed by atoms with Crippen LogP contribution in [0, 0.1) is 13.8 Å². The predicted octanol–water partition coefficient (Wildman–Crippen LogP) is 3.75. The van der Waals surface area contributed by atoms with Gasteiger partial charge in [0.2, 0.25) is 15.9 Å². The van der Waals surface area contributed by atoms with E-state index in [1.807, 2.05) is 26.0 Å². The Labute approximate surface area is 153 Å². The predicted molar refractivity (Wildman–Crippen MR) is 103 cm³/mol. The molecule has 0 fully saturated rings. The van der Waals surface area contributed by atoms with Crippen molar-refractivity contribution in [3.05, 3.63) is 58.6 Å². The van der Waals surface area contributed by atoms with Crippen LogP contribution in [0.1, 0.15) is 18.1 Å². The average Bonchev–Trinajstić information content (AvgIpc) is 2.50. The van der Waals surface area contributed by atoms with Crippen molar-refractivity contribution in [1.29, 1.82) is 0 Å². The Bertz CT molecular complexity index is 897. The Balaban J connectivity index is 2.35. The number of hydrogen-bond acceptors (Lipinski definition) is 3. The summed E-state index contributed by atoms with van der Waals surface area (Å²) in [6, 6.07) is 11.1. The molecule has 2 aromatic carbocycles. The molecule has 0 aliphatic rings. The fourth-order valence-corrected chi connectivity index (χ4v) is 3.90. The van der Waals surface area contributed by atoms with Gasteiger partial charge in [0.15, 0.2) is 0 Å². The number of carbonyl (C=O) groups excluding carboxylic acids is 1. The largest absolute Gasteiger partial charge is 0.324 e. The topological polar surface area (TPSA) is 66.5 Å². The van der Waals surface area contributed by atoms with Crippen LogP contribution in [0.25, 0.3) is 0 Å². The van der Waals surface area contributed by atoms with Crippen molar-refractivity contribution in [1.82, 2.24) is 0 Å². The van der Waals surface area contributed by atoms with Crippen LogP contribution < -0.4 is 9.62 Å². The highest BCUT2D eigenvalue weighted by Crippen LogP contribution is 2.25. The van der Waals surface area contributed by atoms with E-state index < -0.39 is 22.0 Å². The van der Waals surface area contributed by atoms with E-state index >= 15 is 0 Å². The van der Waals surface area contributed by atoms with E-state index in [-0.39, 0.29) is 0 Å². The number of benzene rings is 2. The maximum absolute atomic E-state index is 12.7. The third-order valence-electron chi connectivity index (χ3n) is 4.01. The van der Waals surface area contributed by atoms with E-state index in [9.17, 15) is 13.2 Å². The van der Waals surface area contributed by atoms with Gasteiger partial charge in [-0.15, -0.1) is 0 Å². The van der Waals surface area contributed by atoms with Crippen LogP contribution >= 0.6 is 11.6 Å². The molecule has 0 radical (unpaired) electrons. The molecule has 1 N–H and O–H groups in total. The molecule has 1 unspecified atom stereocenters. The van der Waals surface area contributed by atoms with Crippen molar-refractivity contribution in [3.8, 4) is 0 Å². The molecule has 25 heavy (non-hydrogen) atoms. The molecule has 0 aliphatic carbocycles. The SMILES string of the molecule is Cc1cccc(NC(=O)C(C)N(c2cccc(Cl)c2)S(C)(=O)=O)c1C. The van der Waals surface area contributed by atoms with Gasteiger partial charge in [0, 0.05) is 10.7 Å². The number of aryl methyl sites for hydroxylation is 1. The first-order valence-electron chi connectivity index (χ1n) is 7.73. The molecule has 0 aliphatic heterocycles. The summed E-state index contributed by atoms with van der Waals surface area (Å²) in [5, 5.41) is 3.21. The molecular weight excluding hydrogens is 360 g/mol. The minimum absolute atomic E-state index is 0.346. The summed E-state index contributed by atoms with van der Waals surface area (Å²) in [4.78, 5) is 12.7. The van der Waals surface area contributed by atoms with Gasteiger partial charge in [-0.2, -0.15) is 0 Å². The number of amides is 1. The second-order valence-corrected chi connectivity index (χ2v) is 8.25. The van der Waals surface area contributed by atoms with Gasteiger partial charge in [-0.3, -0.25) is 9.10 Å². The summed E-state index contributed by atoms with van der Waals surface area (Å²) in [6.45, 7) is 5.40. The van der Waals surface area contributed by atoms with Crippen LogP contribution in [0.4, 0.5) is 11.4 Å². The van der Waals surface area contributed by atoms with E-state index in [0.717, 1.165) is 21.7 Å². The normalized spacial score (nSPS) is 12.5.